The highest BCUT2D eigenvalue weighted by atomic mass is 16.5. The zero-order chi connectivity index (χ0) is 22.2. The fraction of sp³-hybridized carbons (Fsp3) is 0.269. The number of carbonyl (C=O) groups excluding carboxylic acids is 1. The van der Waals surface area contributed by atoms with Gasteiger partial charge in [-0.05, 0) is 43.2 Å². The molecule has 0 bridgehead atoms. The van der Waals surface area contributed by atoms with E-state index in [1.807, 2.05) is 43.3 Å². The number of methoxy groups -OCH3 is 2. The lowest BCUT2D eigenvalue weighted by molar-refractivity contribution is -0.121. The van der Waals surface area contributed by atoms with Gasteiger partial charge in [0, 0.05) is 5.56 Å². The van der Waals surface area contributed by atoms with E-state index in [1.165, 1.54) is 5.56 Å². The van der Waals surface area contributed by atoms with E-state index in [-0.39, 0.29) is 24.5 Å². The van der Waals surface area contributed by atoms with E-state index in [1.54, 1.807) is 14.2 Å². The molecule has 162 valence electrons. The second kappa shape index (κ2) is 10.6. The molecule has 0 aliphatic heterocycles. The summed E-state index contributed by atoms with van der Waals surface area (Å²) in [6.07, 6.45) is 0. The molecule has 0 aliphatic carbocycles. The van der Waals surface area contributed by atoms with Gasteiger partial charge in [-0.3, -0.25) is 10.1 Å². The number of ether oxygens (including phenoxy) is 2. The number of aryl methyl sites for hydroxylation is 1. The van der Waals surface area contributed by atoms with Crippen molar-refractivity contribution in [3.05, 3.63) is 95.1 Å². The van der Waals surface area contributed by atoms with E-state index in [2.05, 4.69) is 54.0 Å². The molecule has 2 N–H and O–H groups in total. The number of amides is 1. The molecule has 5 heteroatoms. The molecular weight excluding hydrogens is 388 g/mol. The molecule has 3 rings (SSSR count). The van der Waals surface area contributed by atoms with Gasteiger partial charge >= 0.3 is 0 Å². The second-order valence-electron chi connectivity index (χ2n) is 7.53. The van der Waals surface area contributed by atoms with Gasteiger partial charge in [-0.2, -0.15) is 0 Å². The minimum atomic E-state index is -0.228. The Morgan fingerprint density at radius 1 is 0.903 bits per heavy atom. The first-order valence-corrected chi connectivity index (χ1v) is 10.4. The van der Waals surface area contributed by atoms with Crippen LogP contribution in [0.5, 0.6) is 11.5 Å². The normalized spacial score (nSPS) is 12.6. The molecule has 0 saturated heterocycles. The quantitative estimate of drug-likeness (QED) is 0.534. The Morgan fingerprint density at radius 3 is 2.23 bits per heavy atom. The summed E-state index contributed by atoms with van der Waals surface area (Å²) in [6, 6.07) is 23.8. The van der Waals surface area contributed by atoms with E-state index >= 15 is 0 Å². The summed E-state index contributed by atoms with van der Waals surface area (Å²) in [5.74, 6) is 1.34. The van der Waals surface area contributed by atoms with E-state index in [4.69, 9.17) is 9.47 Å². The number of benzene rings is 3. The predicted molar refractivity (Wildman–Crippen MR) is 124 cm³/mol. The molecule has 3 aromatic carbocycles. The molecule has 0 aromatic heterocycles. The minimum absolute atomic E-state index is 0.0748. The Morgan fingerprint density at radius 2 is 1.58 bits per heavy atom. The maximum atomic E-state index is 12.8. The molecule has 5 nitrogen and oxygen atoms in total. The van der Waals surface area contributed by atoms with Gasteiger partial charge in [-0.1, -0.05) is 60.2 Å². The van der Waals surface area contributed by atoms with Crippen LogP contribution in [0.3, 0.4) is 0 Å². The number of carbonyl (C=O) groups is 1. The first kappa shape index (κ1) is 22.4. The lowest BCUT2D eigenvalue weighted by Crippen LogP contribution is -2.37. The van der Waals surface area contributed by atoms with Gasteiger partial charge in [0.15, 0.2) is 0 Å². The fourth-order valence-corrected chi connectivity index (χ4v) is 3.58. The van der Waals surface area contributed by atoms with E-state index in [9.17, 15) is 4.79 Å². The predicted octanol–water partition coefficient (Wildman–Crippen LogP) is 4.57. The van der Waals surface area contributed by atoms with E-state index < -0.39 is 0 Å². The molecule has 0 aliphatic rings. The highest BCUT2D eigenvalue weighted by Gasteiger charge is 2.18. The number of nitrogens with one attached hydrogen (secondary N) is 2. The average Bonchev–Trinajstić information content (AvgIpc) is 2.80. The van der Waals surface area contributed by atoms with E-state index in [0.29, 0.717) is 5.75 Å². The lowest BCUT2D eigenvalue weighted by atomic mass is 9.98. The Balaban J connectivity index is 1.71. The van der Waals surface area contributed by atoms with Crippen LogP contribution in [0.2, 0.25) is 0 Å². The summed E-state index contributed by atoms with van der Waals surface area (Å²) in [5, 5.41) is 6.46. The van der Waals surface area contributed by atoms with Crippen molar-refractivity contribution in [2.45, 2.75) is 25.9 Å². The van der Waals surface area contributed by atoms with Gasteiger partial charge in [0.25, 0.3) is 0 Å². The van der Waals surface area contributed by atoms with Crippen molar-refractivity contribution in [2.24, 2.45) is 0 Å². The topological polar surface area (TPSA) is 59.6 Å². The van der Waals surface area contributed by atoms with Gasteiger partial charge in [0.2, 0.25) is 5.91 Å². The standard InChI is InChI=1S/C26H30N2O3/c1-18-10-12-21(13-11-18)26(20-8-6-5-7-9-20)27-17-25(29)28-19(2)23-16-22(30-3)14-15-24(23)31-4/h5-16,19,26-27H,17H2,1-4H3,(H,28,29)/t19-,26-/m0/s1. The first-order valence-electron chi connectivity index (χ1n) is 10.4. The zero-order valence-electron chi connectivity index (χ0n) is 18.5. The highest BCUT2D eigenvalue weighted by molar-refractivity contribution is 5.78. The van der Waals surface area contributed by atoms with E-state index in [0.717, 1.165) is 22.4 Å². The molecule has 0 radical (unpaired) electrons. The third kappa shape index (κ3) is 5.86. The largest absolute Gasteiger partial charge is 0.497 e. The third-order valence-electron chi connectivity index (χ3n) is 5.29. The molecule has 1 amide bonds. The number of hydrogen-bond donors (Lipinski definition) is 2. The van der Waals surface area contributed by atoms with Crippen molar-refractivity contribution >= 4 is 5.91 Å². The third-order valence-corrected chi connectivity index (χ3v) is 5.29. The summed E-state index contributed by atoms with van der Waals surface area (Å²) in [5.41, 5.74) is 4.30. The number of rotatable bonds is 9. The monoisotopic (exact) mass is 418 g/mol. The van der Waals surface area contributed by atoms with Crippen LogP contribution in [0.25, 0.3) is 0 Å². The lowest BCUT2D eigenvalue weighted by Gasteiger charge is -2.22. The van der Waals surface area contributed by atoms with Crippen molar-refractivity contribution in [1.82, 2.24) is 10.6 Å². The van der Waals surface area contributed by atoms with Crippen LogP contribution in [0.1, 0.15) is 41.3 Å². The van der Waals surface area contributed by atoms with Gasteiger partial charge < -0.3 is 14.8 Å². The summed E-state index contributed by atoms with van der Waals surface area (Å²) in [4.78, 5) is 12.8. The van der Waals surface area contributed by atoms with Crippen molar-refractivity contribution in [3.63, 3.8) is 0 Å². The Bertz CT molecular complexity index is 987. The van der Waals surface area contributed by atoms with Crippen LogP contribution in [-0.2, 0) is 4.79 Å². The van der Waals surface area contributed by atoms with Crippen molar-refractivity contribution in [3.8, 4) is 11.5 Å². The van der Waals surface area contributed by atoms with Gasteiger partial charge in [0.1, 0.15) is 11.5 Å². The summed E-state index contributed by atoms with van der Waals surface area (Å²) in [6.45, 7) is 4.18. The van der Waals surface area contributed by atoms with Crippen LogP contribution < -0.4 is 20.1 Å². The molecular formula is C26H30N2O3. The summed E-state index contributed by atoms with van der Waals surface area (Å²) in [7, 11) is 3.24. The molecule has 0 fully saturated rings. The Kier molecular flexibility index (Phi) is 7.68. The van der Waals surface area contributed by atoms with Gasteiger partial charge in [-0.25, -0.2) is 0 Å². The van der Waals surface area contributed by atoms with Crippen molar-refractivity contribution in [1.29, 1.82) is 0 Å². The van der Waals surface area contributed by atoms with Crippen molar-refractivity contribution in [2.75, 3.05) is 20.8 Å². The maximum absolute atomic E-state index is 12.8. The van der Waals surface area contributed by atoms with Crippen LogP contribution in [-0.4, -0.2) is 26.7 Å². The smallest absolute Gasteiger partial charge is 0.234 e. The van der Waals surface area contributed by atoms with Crippen molar-refractivity contribution < 1.29 is 14.3 Å². The van der Waals surface area contributed by atoms with Crippen LogP contribution >= 0.6 is 0 Å². The van der Waals surface area contributed by atoms with Crippen LogP contribution in [0.4, 0.5) is 0 Å². The molecule has 0 spiro atoms. The maximum Gasteiger partial charge on any atom is 0.234 e. The summed E-state index contributed by atoms with van der Waals surface area (Å²) < 4.78 is 10.8. The van der Waals surface area contributed by atoms with Gasteiger partial charge in [-0.15, -0.1) is 0 Å². The van der Waals surface area contributed by atoms with Gasteiger partial charge in [0.05, 0.1) is 32.8 Å². The Hall–Kier alpha value is -3.31. The van der Waals surface area contributed by atoms with Crippen LogP contribution in [0.15, 0.2) is 72.8 Å². The SMILES string of the molecule is COc1ccc(OC)c([C@H](C)NC(=O)CN[C@@H](c2ccccc2)c2ccc(C)cc2)c1. The molecule has 3 aromatic rings. The zero-order valence-corrected chi connectivity index (χ0v) is 18.5. The first-order chi connectivity index (χ1) is 15.0. The molecule has 0 heterocycles. The van der Waals surface area contributed by atoms with Crippen LogP contribution in [0, 0.1) is 6.92 Å². The molecule has 2 atom stereocenters. The minimum Gasteiger partial charge on any atom is -0.497 e. The molecule has 0 unspecified atom stereocenters. The number of hydrogen-bond acceptors (Lipinski definition) is 4. The second-order valence-corrected chi connectivity index (χ2v) is 7.53. The molecule has 0 saturated carbocycles. The average molecular weight is 419 g/mol. The fourth-order valence-electron chi connectivity index (χ4n) is 3.58. The Labute approximate surface area is 184 Å². The molecule has 31 heavy (non-hydrogen) atoms. The summed E-state index contributed by atoms with van der Waals surface area (Å²) >= 11 is 0. The highest BCUT2D eigenvalue weighted by Crippen LogP contribution is 2.29.